The fourth-order valence-electron chi connectivity index (χ4n) is 4.27. The van der Waals surface area contributed by atoms with Crippen molar-refractivity contribution in [2.75, 3.05) is 11.5 Å². The van der Waals surface area contributed by atoms with Crippen molar-refractivity contribution in [1.82, 2.24) is 9.97 Å². The molecule has 1 saturated heterocycles. The topological polar surface area (TPSA) is 92.6 Å². The number of Topliss-reactive ketones (excluding diaryl/α,β-unsaturated/α-hetero) is 1. The maximum absolute atomic E-state index is 13.4. The van der Waals surface area contributed by atoms with Gasteiger partial charge >= 0.3 is 5.91 Å². The SMILES string of the molecule is CCOc1ccc2nc(N3C(=O)C(=O)/C(=C(/O)c4cc(C)ccc4C)C3c3cccnc3)sc2c1. The van der Waals surface area contributed by atoms with Gasteiger partial charge in [-0.05, 0) is 62.2 Å². The van der Waals surface area contributed by atoms with E-state index in [9.17, 15) is 14.7 Å². The Bertz CT molecular complexity index is 1490. The third-order valence-electron chi connectivity index (χ3n) is 5.96. The number of pyridine rings is 1. The molecule has 0 bridgehead atoms. The predicted octanol–water partition coefficient (Wildman–Crippen LogP) is 5.33. The lowest BCUT2D eigenvalue weighted by Gasteiger charge is -2.22. The zero-order chi connectivity index (χ0) is 24.7. The molecule has 0 saturated carbocycles. The summed E-state index contributed by atoms with van der Waals surface area (Å²) in [5.41, 5.74) is 3.56. The Kier molecular flexibility index (Phi) is 5.82. The van der Waals surface area contributed by atoms with E-state index in [1.807, 2.05) is 57.2 Å². The van der Waals surface area contributed by atoms with Crippen molar-refractivity contribution in [3.05, 3.63) is 88.8 Å². The molecule has 176 valence electrons. The molecule has 1 aliphatic heterocycles. The molecule has 35 heavy (non-hydrogen) atoms. The van der Waals surface area contributed by atoms with Gasteiger partial charge in [0.2, 0.25) is 0 Å². The van der Waals surface area contributed by atoms with E-state index in [0.717, 1.165) is 15.8 Å². The zero-order valence-corrected chi connectivity index (χ0v) is 20.3. The molecule has 0 aliphatic carbocycles. The summed E-state index contributed by atoms with van der Waals surface area (Å²) in [4.78, 5) is 37.0. The molecule has 1 unspecified atom stereocenters. The fourth-order valence-corrected chi connectivity index (χ4v) is 5.29. The van der Waals surface area contributed by atoms with E-state index in [1.54, 1.807) is 24.5 Å². The molecule has 4 aromatic rings. The maximum atomic E-state index is 13.4. The Labute approximate surface area is 206 Å². The highest BCUT2D eigenvalue weighted by atomic mass is 32.1. The van der Waals surface area contributed by atoms with Gasteiger partial charge in [-0.1, -0.05) is 35.1 Å². The van der Waals surface area contributed by atoms with Gasteiger partial charge < -0.3 is 9.84 Å². The van der Waals surface area contributed by atoms with E-state index in [2.05, 4.69) is 9.97 Å². The summed E-state index contributed by atoms with van der Waals surface area (Å²) in [7, 11) is 0. The number of amides is 1. The van der Waals surface area contributed by atoms with Crippen LogP contribution >= 0.6 is 11.3 Å². The largest absolute Gasteiger partial charge is 0.507 e. The molecule has 7 nitrogen and oxygen atoms in total. The molecular weight excluding hydrogens is 462 g/mol. The van der Waals surface area contributed by atoms with Crippen molar-refractivity contribution in [2.45, 2.75) is 26.8 Å². The number of nitrogens with zero attached hydrogens (tertiary/aromatic N) is 3. The van der Waals surface area contributed by atoms with Gasteiger partial charge in [0.1, 0.15) is 11.5 Å². The summed E-state index contributed by atoms with van der Waals surface area (Å²) >= 11 is 1.29. The number of aliphatic hydroxyl groups is 1. The third kappa shape index (κ3) is 3.95. The number of carbonyl (C=O) groups excluding carboxylic acids is 2. The minimum Gasteiger partial charge on any atom is -0.507 e. The van der Waals surface area contributed by atoms with Gasteiger partial charge in [0.15, 0.2) is 5.13 Å². The number of ketones is 1. The highest BCUT2D eigenvalue weighted by Gasteiger charge is 2.48. The normalized spacial score (nSPS) is 17.3. The lowest BCUT2D eigenvalue weighted by atomic mass is 9.94. The van der Waals surface area contributed by atoms with Crippen LogP contribution in [-0.4, -0.2) is 33.4 Å². The van der Waals surface area contributed by atoms with Crippen molar-refractivity contribution >= 4 is 44.1 Å². The Morgan fingerprint density at radius 1 is 1.14 bits per heavy atom. The van der Waals surface area contributed by atoms with Crippen molar-refractivity contribution in [3.8, 4) is 5.75 Å². The van der Waals surface area contributed by atoms with Crippen LogP contribution in [0.2, 0.25) is 0 Å². The molecule has 1 atom stereocenters. The fraction of sp³-hybridized carbons (Fsp3) is 0.185. The Hall–Kier alpha value is -4.04. The number of aromatic nitrogens is 2. The number of aliphatic hydroxyl groups excluding tert-OH is 1. The number of benzene rings is 2. The van der Waals surface area contributed by atoms with Crippen LogP contribution in [0.25, 0.3) is 16.0 Å². The highest BCUT2D eigenvalue weighted by Crippen LogP contribution is 2.44. The number of ether oxygens (including phenoxy) is 1. The van der Waals surface area contributed by atoms with E-state index < -0.39 is 17.7 Å². The molecule has 2 aromatic heterocycles. The second-order valence-corrected chi connectivity index (χ2v) is 9.34. The monoisotopic (exact) mass is 485 g/mol. The standard InChI is InChI=1S/C27H23N3O4S/c1-4-34-18-9-10-20-21(13-18)35-27(29-20)30-23(17-6-5-11-28-14-17)22(25(32)26(30)33)24(31)19-12-15(2)7-8-16(19)3/h5-14,23,31H,4H2,1-3H3/b24-22+. The van der Waals surface area contributed by atoms with Gasteiger partial charge in [-0.3, -0.25) is 19.5 Å². The summed E-state index contributed by atoms with van der Waals surface area (Å²) < 4.78 is 6.42. The van der Waals surface area contributed by atoms with Gasteiger partial charge in [-0.2, -0.15) is 0 Å². The number of hydrogen-bond acceptors (Lipinski definition) is 7. The van der Waals surface area contributed by atoms with Gasteiger partial charge in [-0.15, -0.1) is 0 Å². The van der Waals surface area contributed by atoms with Crippen LogP contribution in [0.1, 0.15) is 35.2 Å². The number of thiazole rings is 1. The molecule has 0 radical (unpaired) electrons. The average Bonchev–Trinajstić information content (AvgIpc) is 3.39. The molecule has 8 heteroatoms. The number of rotatable bonds is 5. The first-order valence-corrected chi connectivity index (χ1v) is 12.0. The molecule has 1 fully saturated rings. The Morgan fingerprint density at radius 2 is 1.97 bits per heavy atom. The molecular formula is C27H23N3O4S. The molecule has 0 spiro atoms. The van der Waals surface area contributed by atoms with Crippen molar-refractivity contribution in [1.29, 1.82) is 0 Å². The summed E-state index contributed by atoms with van der Waals surface area (Å²) in [6.45, 7) is 6.20. The average molecular weight is 486 g/mol. The summed E-state index contributed by atoms with van der Waals surface area (Å²) in [5.74, 6) is -1.00. The third-order valence-corrected chi connectivity index (χ3v) is 6.98. The molecule has 5 rings (SSSR count). The van der Waals surface area contributed by atoms with E-state index in [4.69, 9.17) is 4.74 Å². The summed E-state index contributed by atoms with van der Waals surface area (Å²) in [6.07, 6.45) is 3.22. The zero-order valence-electron chi connectivity index (χ0n) is 19.5. The van der Waals surface area contributed by atoms with E-state index in [-0.39, 0.29) is 11.3 Å². The van der Waals surface area contributed by atoms with Crippen LogP contribution in [0.5, 0.6) is 5.75 Å². The van der Waals surface area contributed by atoms with Gasteiger partial charge in [0, 0.05) is 18.0 Å². The number of aryl methyl sites for hydroxylation is 2. The molecule has 1 aliphatic rings. The van der Waals surface area contributed by atoms with Crippen LogP contribution in [0.15, 0.2) is 66.5 Å². The van der Waals surface area contributed by atoms with Crippen LogP contribution in [0, 0.1) is 13.8 Å². The maximum Gasteiger partial charge on any atom is 0.301 e. The quantitative estimate of drug-likeness (QED) is 0.233. The summed E-state index contributed by atoms with van der Waals surface area (Å²) in [5, 5.41) is 11.7. The van der Waals surface area contributed by atoms with Crippen molar-refractivity contribution in [3.63, 3.8) is 0 Å². The van der Waals surface area contributed by atoms with Crippen LogP contribution < -0.4 is 9.64 Å². The molecule has 1 amide bonds. The lowest BCUT2D eigenvalue weighted by Crippen LogP contribution is -2.29. The van der Waals surface area contributed by atoms with Gasteiger partial charge in [-0.25, -0.2) is 4.98 Å². The number of fused-ring (bicyclic) bond motifs is 1. The Balaban J connectivity index is 1.71. The van der Waals surface area contributed by atoms with Gasteiger partial charge in [0.05, 0.1) is 28.4 Å². The first-order chi connectivity index (χ1) is 16.9. The molecule has 1 N–H and O–H groups in total. The predicted molar refractivity (Wildman–Crippen MR) is 136 cm³/mol. The minimum absolute atomic E-state index is 0.0194. The van der Waals surface area contributed by atoms with Gasteiger partial charge in [0.25, 0.3) is 5.78 Å². The van der Waals surface area contributed by atoms with E-state index in [1.165, 1.54) is 16.2 Å². The lowest BCUT2D eigenvalue weighted by molar-refractivity contribution is -0.132. The van der Waals surface area contributed by atoms with E-state index >= 15 is 0 Å². The van der Waals surface area contributed by atoms with E-state index in [0.29, 0.717) is 34.1 Å². The number of hydrogen-bond donors (Lipinski definition) is 1. The highest BCUT2D eigenvalue weighted by molar-refractivity contribution is 7.22. The number of anilines is 1. The number of carbonyl (C=O) groups is 2. The second kappa shape index (κ2) is 8.96. The molecule has 2 aromatic carbocycles. The first-order valence-electron chi connectivity index (χ1n) is 11.2. The minimum atomic E-state index is -0.865. The Morgan fingerprint density at radius 3 is 2.71 bits per heavy atom. The molecule has 3 heterocycles. The van der Waals surface area contributed by atoms with Crippen molar-refractivity contribution < 1.29 is 19.4 Å². The van der Waals surface area contributed by atoms with Crippen LogP contribution in [0.4, 0.5) is 5.13 Å². The van der Waals surface area contributed by atoms with Crippen LogP contribution in [0.3, 0.4) is 0 Å². The van der Waals surface area contributed by atoms with Crippen molar-refractivity contribution in [2.24, 2.45) is 0 Å². The second-order valence-electron chi connectivity index (χ2n) is 8.33. The first kappa shape index (κ1) is 22.7. The summed E-state index contributed by atoms with van der Waals surface area (Å²) in [6, 6.07) is 13.8. The van der Waals surface area contributed by atoms with Crippen LogP contribution in [-0.2, 0) is 9.59 Å². The smallest absolute Gasteiger partial charge is 0.301 e.